The van der Waals surface area contributed by atoms with Crippen molar-refractivity contribution in [1.82, 2.24) is 5.32 Å². The van der Waals surface area contributed by atoms with Gasteiger partial charge in [-0.1, -0.05) is 30.9 Å². The highest BCUT2D eigenvalue weighted by molar-refractivity contribution is 6.31. The first kappa shape index (κ1) is 14.3. The van der Waals surface area contributed by atoms with Crippen LogP contribution in [0.25, 0.3) is 0 Å². The largest absolute Gasteiger partial charge is 0.348 e. The third-order valence-electron chi connectivity index (χ3n) is 3.57. The van der Waals surface area contributed by atoms with E-state index in [-0.39, 0.29) is 23.0 Å². The minimum atomic E-state index is -0.524. The number of rotatable bonds is 2. The number of carbonyl (C=O) groups is 1. The summed E-state index contributed by atoms with van der Waals surface area (Å²) >= 11 is 5.68. The summed E-state index contributed by atoms with van der Waals surface area (Å²) < 4.78 is 13.1. The van der Waals surface area contributed by atoms with Crippen molar-refractivity contribution >= 4 is 17.5 Å². The molecule has 3 nitrogen and oxygen atoms in total. The molecule has 1 aromatic rings. The summed E-state index contributed by atoms with van der Waals surface area (Å²) in [5.41, 5.74) is 6.42. The Morgan fingerprint density at radius 2 is 2.05 bits per heavy atom. The van der Waals surface area contributed by atoms with Gasteiger partial charge in [-0.2, -0.15) is 0 Å². The Labute approximate surface area is 117 Å². The first-order valence-electron chi connectivity index (χ1n) is 6.59. The predicted octanol–water partition coefficient (Wildman–Crippen LogP) is 2.87. The maximum absolute atomic E-state index is 13.1. The minimum absolute atomic E-state index is 0.0117. The first-order valence-corrected chi connectivity index (χ1v) is 6.97. The van der Waals surface area contributed by atoms with Crippen molar-refractivity contribution in [2.75, 3.05) is 0 Å². The van der Waals surface area contributed by atoms with E-state index >= 15 is 0 Å². The third-order valence-corrected chi connectivity index (χ3v) is 3.86. The van der Waals surface area contributed by atoms with E-state index in [0.717, 1.165) is 32.1 Å². The summed E-state index contributed by atoms with van der Waals surface area (Å²) in [5, 5.41) is 2.88. The zero-order chi connectivity index (χ0) is 13.8. The van der Waals surface area contributed by atoms with Crippen LogP contribution >= 0.6 is 11.6 Å². The van der Waals surface area contributed by atoms with Gasteiger partial charge in [-0.3, -0.25) is 4.79 Å². The van der Waals surface area contributed by atoms with Crippen LogP contribution < -0.4 is 11.1 Å². The molecule has 0 aromatic heterocycles. The van der Waals surface area contributed by atoms with Crippen molar-refractivity contribution in [1.29, 1.82) is 0 Å². The van der Waals surface area contributed by atoms with Gasteiger partial charge in [0.25, 0.3) is 5.91 Å². The van der Waals surface area contributed by atoms with Crippen LogP contribution in [-0.2, 0) is 0 Å². The Bertz CT molecular complexity index is 467. The van der Waals surface area contributed by atoms with Gasteiger partial charge in [-0.15, -0.1) is 0 Å². The molecule has 0 bridgehead atoms. The second-order valence-electron chi connectivity index (χ2n) is 5.01. The van der Waals surface area contributed by atoms with E-state index in [2.05, 4.69) is 5.32 Å². The first-order chi connectivity index (χ1) is 9.08. The molecule has 104 valence electrons. The van der Waals surface area contributed by atoms with Crippen molar-refractivity contribution in [2.45, 2.75) is 44.2 Å². The van der Waals surface area contributed by atoms with Crippen molar-refractivity contribution in [2.24, 2.45) is 5.73 Å². The van der Waals surface area contributed by atoms with Crippen molar-refractivity contribution in [3.8, 4) is 0 Å². The Balaban J connectivity index is 2.05. The summed E-state index contributed by atoms with van der Waals surface area (Å²) in [4.78, 5) is 12.1. The SMILES string of the molecule is NC1CCCCCC1NC(=O)c1ccc(F)c(Cl)c1. The van der Waals surface area contributed by atoms with E-state index in [9.17, 15) is 9.18 Å². The van der Waals surface area contributed by atoms with Gasteiger partial charge in [-0.05, 0) is 31.0 Å². The lowest BCUT2D eigenvalue weighted by Crippen LogP contribution is -2.46. The molecule has 2 unspecified atom stereocenters. The lowest BCUT2D eigenvalue weighted by atomic mass is 10.0. The highest BCUT2D eigenvalue weighted by Crippen LogP contribution is 2.19. The number of benzene rings is 1. The summed E-state index contributed by atoms with van der Waals surface area (Å²) in [7, 11) is 0. The number of carbonyl (C=O) groups excluding carboxylic acids is 1. The second-order valence-corrected chi connectivity index (χ2v) is 5.42. The maximum atomic E-state index is 13.1. The number of nitrogens with one attached hydrogen (secondary N) is 1. The number of amides is 1. The number of hydrogen-bond acceptors (Lipinski definition) is 2. The van der Waals surface area contributed by atoms with Gasteiger partial charge >= 0.3 is 0 Å². The van der Waals surface area contributed by atoms with Crippen LogP contribution in [0.5, 0.6) is 0 Å². The van der Waals surface area contributed by atoms with Crippen molar-refractivity contribution in [3.05, 3.63) is 34.6 Å². The molecule has 5 heteroatoms. The molecule has 3 N–H and O–H groups in total. The van der Waals surface area contributed by atoms with Gasteiger partial charge in [0, 0.05) is 17.6 Å². The summed E-state index contributed by atoms with van der Waals surface area (Å²) in [6.07, 6.45) is 5.15. The molecule has 0 radical (unpaired) electrons. The fraction of sp³-hybridized carbons (Fsp3) is 0.500. The second kappa shape index (κ2) is 6.35. The van der Waals surface area contributed by atoms with E-state index in [4.69, 9.17) is 17.3 Å². The maximum Gasteiger partial charge on any atom is 0.251 e. The van der Waals surface area contributed by atoms with Crippen LogP contribution in [0.1, 0.15) is 42.5 Å². The summed E-state index contributed by atoms with van der Waals surface area (Å²) in [6.45, 7) is 0. The topological polar surface area (TPSA) is 55.1 Å². The van der Waals surface area contributed by atoms with Crippen molar-refractivity contribution in [3.63, 3.8) is 0 Å². The normalized spacial score (nSPS) is 23.7. The van der Waals surface area contributed by atoms with Gasteiger partial charge in [-0.25, -0.2) is 4.39 Å². The zero-order valence-corrected chi connectivity index (χ0v) is 11.4. The predicted molar refractivity (Wildman–Crippen MR) is 73.7 cm³/mol. The lowest BCUT2D eigenvalue weighted by molar-refractivity contribution is 0.0929. The lowest BCUT2D eigenvalue weighted by Gasteiger charge is -2.22. The smallest absolute Gasteiger partial charge is 0.251 e. The van der Waals surface area contributed by atoms with Gasteiger partial charge in [0.2, 0.25) is 0 Å². The van der Waals surface area contributed by atoms with Crippen LogP contribution in [0.2, 0.25) is 5.02 Å². The fourth-order valence-corrected chi connectivity index (χ4v) is 2.59. The number of hydrogen-bond donors (Lipinski definition) is 2. The molecule has 19 heavy (non-hydrogen) atoms. The Kier molecular flexibility index (Phi) is 4.77. The molecule has 1 amide bonds. The molecule has 1 saturated carbocycles. The van der Waals surface area contributed by atoms with Crippen LogP contribution in [0.4, 0.5) is 4.39 Å². The van der Waals surface area contributed by atoms with Crippen LogP contribution in [-0.4, -0.2) is 18.0 Å². The fourth-order valence-electron chi connectivity index (χ4n) is 2.40. The molecule has 0 saturated heterocycles. The monoisotopic (exact) mass is 284 g/mol. The van der Waals surface area contributed by atoms with Gasteiger partial charge in [0.1, 0.15) is 5.82 Å². The van der Waals surface area contributed by atoms with Crippen LogP contribution in [0, 0.1) is 5.82 Å². The van der Waals surface area contributed by atoms with Gasteiger partial charge in [0.15, 0.2) is 0 Å². The average molecular weight is 285 g/mol. The third kappa shape index (κ3) is 3.67. The van der Waals surface area contributed by atoms with E-state index < -0.39 is 5.82 Å². The van der Waals surface area contributed by atoms with E-state index in [0.29, 0.717) is 5.56 Å². The molecule has 2 rings (SSSR count). The average Bonchev–Trinajstić information content (AvgIpc) is 2.58. The highest BCUT2D eigenvalue weighted by atomic mass is 35.5. The quantitative estimate of drug-likeness (QED) is 0.821. The van der Waals surface area contributed by atoms with Gasteiger partial charge < -0.3 is 11.1 Å². The molecule has 1 aliphatic rings. The van der Waals surface area contributed by atoms with E-state index in [1.54, 1.807) is 0 Å². The molecular formula is C14H18ClFN2O. The molecule has 2 atom stereocenters. The van der Waals surface area contributed by atoms with Gasteiger partial charge in [0.05, 0.1) is 5.02 Å². The molecule has 1 aromatic carbocycles. The Morgan fingerprint density at radius 1 is 1.32 bits per heavy atom. The Hall–Kier alpha value is -1.13. The number of nitrogens with two attached hydrogens (primary N) is 1. The molecule has 1 fully saturated rings. The van der Waals surface area contributed by atoms with Crippen LogP contribution in [0.3, 0.4) is 0 Å². The standard InChI is InChI=1S/C14H18ClFN2O/c15-10-8-9(6-7-11(10)16)14(19)18-13-5-3-1-2-4-12(13)17/h6-8,12-13H,1-5,17H2,(H,18,19). The van der Waals surface area contributed by atoms with Crippen molar-refractivity contribution < 1.29 is 9.18 Å². The van der Waals surface area contributed by atoms with E-state index in [1.807, 2.05) is 0 Å². The summed E-state index contributed by atoms with van der Waals surface area (Å²) in [6, 6.07) is 3.94. The zero-order valence-electron chi connectivity index (χ0n) is 10.7. The Morgan fingerprint density at radius 3 is 2.79 bits per heavy atom. The van der Waals surface area contributed by atoms with Crippen LogP contribution in [0.15, 0.2) is 18.2 Å². The van der Waals surface area contributed by atoms with E-state index in [1.165, 1.54) is 18.2 Å². The minimum Gasteiger partial charge on any atom is -0.348 e. The molecule has 0 spiro atoms. The highest BCUT2D eigenvalue weighted by Gasteiger charge is 2.22. The molecule has 1 aliphatic carbocycles. The molecule has 0 aliphatic heterocycles. The number of halogens is 2. The summed E-state index contributed by atoms with van der Waals surface area (Å²) in [5.74, 6) is -0.770. The molecular weight excluding hydrogens is 267 g/mol. The molecule has 0 heterocycles.